The van der Waals surface area contributed by atoms with Crippen LogP contribution < -0.4 is 19.9 Å². The molecule has 1 N–H and O–H groups in total. The summed E-state index contributed by atoms with van der Waals surface area (Å²) < 4.78 is 11.7. The van der Waals surface area contributed by atoms with Crippen LogP contribution >= 0.6 is 27.5 Å². The Labute approximate surface area is 176 Å². The predicted molar refractivity (Wildman–Crippen MR) is 112 cm³/mol. The van der Waals surface area contributed by atoms with Crippen LogP contribution in [0.4, 0.5) is 5.69 Å². The molecular formula is C20H18BrClN2O4. The Balaban J connectivity index is 2.03. The van der Waals surface area contributed by atoms with Crippen LogP contribution in [-0.4, -0.2) is 25.0 Å². The minimum absolute atomic E-state index is 0.00720. The number of nitrogens with one attached hydrogen (secondary N) is 1. The van der Waals surface area contributed by atoms with Gasteiger partial charge in [-0.2, -0.15) is 0 Å². The van der Waals surface area contributed by atoms with Crippen molar-refractivity contribution in [1.82, 2.24) is 5.43 Å². The van der Waals surface area contributed by atoms with Crippen LogP contribution in [0.1, 0.15) is 19.4 Å². The molecular weight excluding hydrogens is 448 g/mol. The molecule has 2 aromatic carbocycles. The zero-order chi connectivity index (χ0) is 20.3. The summed E-state index contributed by atoms with van der Waals surface area (Å²) >= 11 is 9.85. The Morgan fingerprint density at radius 1 is 1.14 bits per heavy atom. The lowest BCUT2D eigenvalue weighted by Crippen LogP contribution is -2.35. The third kappa shape index (κ3) is 3.86. The van der Waals surface area contributed by atoms with E-state index < -0.39 is 11.8 Å². The van der Waals surface area contributed by atoms with E-state index in [1.165, 1.54) is 11.1 Å². The predicted octanol–water partition coefficient (Wildman–Crippen LogP) is 4.36. The van der Waals surface area contributed by atoms with Gasteiger partial charge in [-0.05, 0) is 59.6 Å². The molecule has 0 aliphatic carbocycles. The maximum Gasteiger partial charge on any atom is 0.282 e. The number of nitrogens with zero attached hydrogens (tertiary/aromatic N) is 1. The maximum atomic E-state index is 12.8. The van der Waals surface area contributed by atoms with Gasteiger partial charge in [-0.15, -0.1) is 0 Å². The van der Waals surface area contributed by atoms with E-state index in [4.69, 9.17) is 21.1 Å². The third-order valence-corrected chi connectivity index (χ3v) is 5.39. The van der Waals surface area contributed by atoms with E-state index in [0.717, 1.165) is 0 Å². The second-order valence-corrected chi connectivity index (χ2v) is 6.93. The molecule has 0 radical (unpaired) electrons. The molecule has 0 atom stereocenters. The van der Waals surface area contributed by atoms with Crippen molar-refractivity contribution in [2.24, 2.45) is 0 Å². The number of rotatable bonds is 6. The smallest absolute Gasteiger partial charge is 0.282 e. The zero-order valence-electron chi connectivity index (χ0n) is 15.3. The van der Waals surface area contributed by atoms with Gasteiger partial charge < -0.3 is 9.47 Å². The van der Waals surface area contributed by atoms with E-state index in [2.05, 4.69) is 21.4 Å². The summed E-state index contributed by atoms with van der Waals surface area (Å²) in [6.07, 6.45) is 1.48. The van der Waals surface area contributed by atoms with Crippen molar-refractivity contribution in [3.05, 3.63) is 57.0 Å². The monoisotopic (exact) mass is 464 g/mol. The van der Waals surface area contributed by atoms with Gasteiger partial charge in [0.15, 0.2) is 11.5 Å². The SMILES string of the molecule is CCOc1cc(C=C2C(=O)NN(c3ccccc3)C2=O)c(Br)c(Cl)c1OCC. The number of halogens is 2. The Morgan fingerprint density at radius 3 is 2.46 bits per heavy atom. The fourth-order valence-electron chi connectivity index (χ4n) is 2.72. The van der Waals surface area contributed by atoms with Gasteiger partial charge in [-0.25, -0.2) is 5.01 Å². The van der Waals surface area contributed by atoms with Gasteiger partial charge in [0.05, 0.1) is 18.9 Å². The summed E-state index contributed by atoms with van der Waals surface area (Å²) in [5.41, 5.74) is 3.67. The lowest BCUT2D eigenvalue weighted by Gasteiger charge is -2.15. The molecule has 0 saturated carbocycles. The quantitative estimate of drug-likeness (QED) is 0.508. The first-order valence-electron chi connectivity index (χ1n) is 8.67. The average molecular weight is 466 g/mol. The van der Waals surface area contributed by atoms with E-state index >= 15 is 0 Å². The standard InChI is InChI=1S/C20H18BrClN2O4/c1-3-27-15-11-12(16(21)17(22)18(15)28-4-2)10-14-19(25)23-24(20(14)26)13-8-6-5-7-9-13/h5-11H,3-4H2,1-2H3,(H,23,25). The van der Waals surface area contributed by atoms with Crippen LogP contribution in [0.15, 0.2) is 46.4 Å². The van der Waals surface area contributed by atoms with E-state index in [9.17, 15) is 9.59 Å². The fourth-order valence-corrected chi connectivity index (χ4v) is 3.39. The minimum atomic E-state index is -0.497. The lowest BCUT2D eigenvalue weighted by atomic mass is 10.1. The highest BCUT2D eigenvalue weighted by Gasteiger charge is 2.34. The first-order chi connectivity index (χ1) is 13.5. The van der Waals surface area contributed by atoms with Gasteiger partial charge in [0.1, 0.15) is 10.6 Å². The summed E-state index contributed by atoms with van der Waals surface area (Å²) in [6.45, 7) is 4.51. The van der Waals surface area contributed by atoms with Crippen LogP contribution in [0.5, 0.6) is 11.5 Å². The van der Waals surface area contributed by atoms with Gasteiger partial charge in [0, 0.05) is 4.47 Å². The lowest BCUT2D eigenvalue weighted by molar-refractivity contribution is -0.117. The number of hydrogen-bond donors (Lipinski definition) is 1. The normalized spacial score (nSPS) is 15.1. The molecule has 1 aliphatic rings. The molecule has 0 aromatic heterocycles. The summed E-state index contributed by atoms with van der Waals surface area (Å²) in [4.78, 5) is 25.2. The molecule has 1 fully saturated rings. The topological polar surface area (TPSA) is 67.9 Å². The molecule has 3 rings (SSSR count). The highest BCUT2D eigenvalue weighted by molar-refractivity contribution is 9.10. The van der Waals surface area contributed by atoms with Crippen molar-refractivity contribution in [3.8, 4) is 11.5 Å². The Bertz CT molecular complexity index is 947. The summed E-state index contributed by atoms with van der Waals surface area (Å²) in [5.74, 6) is -0.0990. The van der Waals surface area contributed by atoms with E-state index in [1.54, 1.807) is 30.3 Å². The number of carbonyl (C=O) groups excluding carboxylic acids is 2. The highest BCUT2D eigenvalue weighted by Crippen LogP contribution is 2.43. The number of hydrazine groups is 1. The Morgan fingerprint density at radius 2 is 1.82 bits per heavy atom. The second kappa shape index (κ2) is 8.67. The molecule has 2 aromatic rings. The van der Waals surface area contributed by atoms with Gasteiger partial charge in [-0.3, -0.25) is 15.0 Å². The zero-order valence-corrected chi connectivity index (χ0v) is 17.6. The summed E-state index contributed by atoms with van der Waals surface area (Å²) in [7, 11) is 0. The molecule has 1 heterocycles. The summed E-state index contributed by atoms with van der Waals surface area (Å²) in [5, 5.41) is 1.52. The van der Waals surface area contributed by atoms with Crippen LogP contribution in [0.25, 0.3) is 6.08 Å². The van der Waals surface area contributed by atoms with Crippen molar-refractivity contribution in [2.45, 2.75) is 13.8 Å². The molecule has 2 amide bonds. The van der Waals surface area contributed by atoms with Crippen LogP contribution in [-0.2, 0) is 9.59 Å². The van der Waals surface area contributed by atoms with Gasteiger partial charge in [0.25, 0.3) is 11.8 Å². The number of benzene rings is 2. The molecule has 1 saturated heterocycles. The van der Waals surface area contributed by atoms with Gasteiger partial charge in [-0.1, -0.05) is 29.8 Å². The third-order valence-electron chi connectivity index (χ3n) is 3.95. The molecule has 8 heteroatoms. The van der Waals surface area contributed by atoms with Crippen molar-refractivity contribution < 1.29 is 19.1 Å². The largest absolute Gasteiger partial charge is 0.490 e. The van der Waals surface area contributed by atoms with Crippen molar-refractivity contribution >= 4 is 51.1 Å². The second-order valence-electron chi connectivity index (χ2n) is 5.76. The van der Waals surface area contributed by atoms with Gasteiger partial charge in [0.2, 0.25) is 0 Å². The molecule has 1 aliphatic heterocycles. The molecule has 0 bridgehead atoms. The number of carbonyl (C=O) groups is 2. The van der Waals surface area contributed by atoms with Crippen molar-refractivity contribution in [2.75, 3.05) is 18.2 Å². The average Bonchev–Trinajstić information content (AvgIpc) is 2.98. The van der Waals surface area contributed by atoms with E-state index in [0.29, 0.717) is 45.5 Å². The number of para-hydroxylation sites is 1. The number of anilines is 1. The van der Waals surface area contributed by atoms with Crippen LogP contribution in [0.3, 0.4) is 0 Å². The number of amides is 2. The first kappa shape index (κ1) is 20.2. The maximum absolute atomic E-state index is 12.8. The molecule has 146 valence electrons. The Hall–Kier alpha value is -2.51. The van der Waals surface area contributed by atoms with Crippen molar-refractivity contribution in [1.29, 1.82) is 0 Å². The van der Waals surface area contributed by atoms with Crippen molar-refractivity contribution in [3.63, 3.8) is 0 Å². The fraction of sp³-hybridized carbons (Fsp3) is 0.200. The summed E-state index contributed by atoms with van der Waals surface area (Å²) in [6, 6.07) is 10.6. The van der Waals surface area contributed by atoms with E-state index in [-0.39, 0.29) is 5.57 Å². The Kier molecular flexibility index (Phi) is 6.26. The van der Waals surface area contributed by atoms with Crippen LogP contribution in [0.2, 0.25) is 5.02 Å². The van der Waals surface area contributed by atoms with Crippen LogP contribution in [0, 0.1) is 0 Å². The highest BCUT2D eigenvalue weighted by atomic mass is 79.9. The minimum Gasteiger partial charge on any atom is -0.490 e. The molecule has 0 spiro atoms. The number of ether oxygens (including phenoxy) is 2. The first-order valence-corrected chi connectivity index (χ1v) is 9.84. The molecule has 0 unspecified atom stereocenters. The number of hydrogen-bond acceptors (Lipinski definition) is 4. The van der Waals surface area contributed by atoms with E-state index in [1.807, 2.05) is 19.9 Å². The molecule has 28 heavy (non-hydrogen) atoms. The van der Waals surface area contributed by atoms with Gasteiger partial charge >= 0.3 is 0 Å². The molecule has 6 nitrogen and oxygen atoms in total.